The van der Waals surface area contributed by atoms with Crippen molar-refractivity contribution in [2.45, 2.75) is 13.3 Å². The number of methoxy groups -OCH3 is 1. The number of ether oxygens (including phenoxy) is 1. The third-order valence-electron chi connectivity index (χ3n) is 0.691. The van der Waals surface area contributed by atoms with Gasteiger partial charge in [-0.2, -0.15) is 0 Å². The highest BCUT2D eigenvalue weighted by molar-refractivity contribution is 5.78. The van der Waals surface area contributed by atoms with Gasteiger partial charge in [-0.3, -0.25) is 4.79 Å². The lowest BCUT2D eigenvalue weighted by molar-refractivity contribution is -0.140. The Morgan fingerprint density at radius 2 is 2.00 bits per heavy atom. The Balaban J connectivity index is 0. The summed E-state index contributed by atoms with van der Waals surface area (Å²) >= 11 is 0. The molecule has 0 saturated heterocycles. The van der Waals surface area contributed by atoms with E-state index in [2.05, 4.69) is 11.3 Å². The van der Waals surface area contributed by atoms with Crippen LogP contribution in [0.15, 0.2) is 12.7 Å². The van der Waals surface area contributed by atoms with E-state index in [1.807, 2.05) is 0 Å². The van der Waals surface area contributed by atoms with Gasteiger partial charge in [-0.15, -0.1) is 0 Å². The zero-order chi connectivity index (χ0) is 9.28. The fourth-order valence-corrected chi connectivity index (χ4v) is 0.144. The molecule has 0 amide bonds. The van der Waals surface area contributed by atoms with Crippen LogP contribution in [0.2, 0.25) is 0 Å². The van der Waals surface area contributed by atoms with Crippen molar-refractivity contribution in [1.82, 2.24) is 0 Å². The van der Waals surface area contributed by atoms with Crippen LogP contribution in [0, 0.1) is 0 Å². The van der Waals surface area contributed by atoms with E-state index in [4.69, 9.17) is 5.11 Å². The average molecular weight is 160 g/mol. The summed E-state index contributed by atoms with van der Waals surface area (Å²) in [5.41, 5.74) is 0. The maximum Gasteiger partial charge on any atom is 0.327 e. The fourth-order valence-electron chi connectivity index (χ4n) is 0.144. The standard InChI is InChI=1S/C4H8O2.C3H4O2/c1-3-4(5)6-2;1-2-3(4)5/h3H2,1-2H3;2H,1H2,(H,4,5). The maximum atomic E-state index is 9.96. The fraction of sp³-hybridized carbons (Fsp3) is 0.429. The first-order valence-electron chi connectivity index (χ1n) is 3.00. The van der Waals surface area contributed by atoms with Gasteiger partial charge in [-0.05, 0) is 0 Å². The van der Waals surface area contributed by atoms with Crippen molar-refractivity contribution in [3.05, 3.63) is 12.7 Å². The van der Waals surface area contributed by atoms with Crippen LogP contribution in [0.1, 0.15) is 13.3 Å². The van der Waals surface area contributed by atoms with Crippen LogP contribution in [-0.2, 0) is 14.3 Å². The summed E-state index contributed by atoms with van der Waals surface area (Å²) in [6.45, 7) is 4.72. The molecule has 64 valence electrons. The van der Waals surface area contributed by atoms with Crippen LogP contribution < -0.4 is 0 Å². The predicted octanol–water partition coefficient (Wildman–Crippen LogP) is 0.826. The second kappa shape index (κ2) is 8.68. The van der Waals surface area contributed by atoms with Crippen LogP contribution in [-0.4, -0.2) is 24.2 Å². The molecule has 0 heterocycles. The topological polar surface area (TPSA) is 63.6 Å². The normalized spacial score (nSPS) is 7.09. The van der Waals surface area contributed by atoms with Gasteiger partial charge in [-0.25, -0.2) is 4.79 Å². The minimum absolute atomic E-state index is 0.157. The van der Waals surface area contributed by atoms with E-state index in [1.54, 1.807) is 6.92 Å². The lowest BCUT2D eigenvalue weighted by Crippen LogP contribution is -1.94. The molecular weight excluding hydrogens is 148 g/mol. The molecule has 0 aromatic rings. The molecule has 0 aromatic heterocycles. The highest BCUT2D eigenvalue weighted by atomic mass is 16.5. The van der Waals surface area contributed by atoms with Crippen LogP contribution >= 0.6 is 0 Å². The highest BCUT2D eigenvalue weighted by Gasteiger charge is 1.87. The second-order valence-electron chi connectivity index (χ2n) is 1.47. The summed E-state index contributed by atoms with van der Waals surface area (Å²) < 4.78 is 4.26. The third-order valence-corrected chi connectivity index (χ3v) is 0.691. The molecule has 0 aliphatic rings. The molecule has 0 bridgehead atoms. The number of hydrogen-bond donors (Lipinski definition) is 1. The summed E-state index contributed by atoms with van der Waals surface area (Å²) in [6.07, 6.45) is 1.30. The molecular formula is C7H12O4. The van der Waals surface area contributed by atoms with E-state index < -0.39 is 5.97 Å². The van der Waals surface area contributed by atoms with Crippen LogP contribution in [0.3, 0.4) is 0 Å². The van der Waals surface area contributed by atoms with Gasteiger partial charge >= 0.3 is 11.9 Å². The molecule has 0 spiro atoms. The first kappa shape index (κ1) is 12.4. The van der Waals surface area contributed by atoms with E-state index in [0.29, 0.717) is 6.42 Å². The first-order chi connectivity index (χ1) is 5.08. The highest BCUT2D eigenvalue weighted by Crippen LogP contribution is 1.76. The number of esters is 1. The van der Waals surface area contributed by atoms with Crippen molar-refractivity contribution in [2.75, 3.05) is 7.11 Å². The number of carboxylic acid groups (broad SMARTS) is 1. The minimum atomic E-state index is -0.981. The summed E-state index contributed by atoms with van der Waals surface area (Å²) in [6, 6.07) is 0. The Labute approximate surface area is 65.5 Å². The number of carbonyl (C=O) groups excluding carboxylic acids is 1. The molecule has 0 atom stereocenters. The van der Waals surface area contributed by atoms with E-state index >= 15 is 0 Å². The van der Waals surface area contributed by atoms with Crippen LogP contribution in [0.5, 0.6) is 0 Å². The Morgan fingerprint density at radius 1 is 1.64 bits per heavy atom. The summed E-state index contributed by atoms with van der Waals surface area (Å²) in [5.74, 6) is -1.14. The average Bonchev–Trinajstić information content (AvgIpc) is 2.04. The Bertz CT molecular complexity index is 133. The Morgan fingerprint density at radius 3 is 2.00 bits per heavy atom. The van der Waals surface area contributed by atoms with Crippen molar-refractivity contribution in [3.8, 4) is 0 Å². The largest absolute Gasteiger partial charge is 0.478 e. The SMILES string of the molecule is C=CC(=O)O.CCC(=O)OC. The lowest BCUT2D eigenvalue weighted by Gasteiger charge is -1.87. The first-order valence-corrected chi connectivity index (χ1v) is 3.00. The van der Waals surface area contributed by atoms with E-state index in [0.717, 1.165) is 6.08 Å². The zero-order valence-electron chi connectivity index (χ0n) is 6.66. The van der Waals surface area contributed by atoms with Gasteiger partial charge in [0, 0.05) is 12.5 Å². The quantitative estimate of drug-likeness (QED) is 0.480. The molecule has 4 heteroatoms. The summed E-state index contributed by atoms with van der Waals surface area (Å²) in [4.78, 5) is 19.2. The second-order valence-corrected chi connectivity index (χ2v) is 1.47. The summed E-state index contributed by atoms with van der Waals surface area (Å²) in [7, 11) is 1.38. The molecule has 0 fully saturated rings. The maximum absolute atomic E-state index is 9.96. The van der Waals surface area contributed by atoms with Crippen molar-refractivity contribution in [2.24, 2.45) is 0 Å². The molecule has 0 saturated carbocycles. The van der Waals surface area contributed by atoms with Gasteiger partial charge in [0.15, 0.2) is 0 Å². The van der Waals surface area contributed by atoms with Gasteiger partial charge in [0.05, 0.1) is 7.11 Å². The smallest absolute Gasteiger partial charge is 0.327 e. The number of rotatable bonds is 2. The molecule has 11 heavy (non-hydrogen) atoms. The number of aliphatic carboxylic acids is 1. The van der Waals surface area contributed by atoms with Crippen LogP contribution in [0.25, 0.3) is 0 Å². The number of hydrogen-bond acceptors (Lipinski definition) is 3. The Kier molecular flexibility index (Phi) is 9.76. The molecule has 1 N–H and O–H groups in total. The Hall–Kier alpha value is -1.32. The zero-order valence-corrected chi connectivity index (χ0v) is 6.66. The predicted molar refractivity (Wildman–Crippen MR) is 40.1 cm³/mol. The minimum Gasteiger partial charge on any atom is -0.478 e. The molecule has 0 aliphatic carbocycles. The van der Waals surface area contributed by atoms with E-state index in [-0.39, 0.29) is 5.97 Å². The van der Waals surface area contributed by atoms with Gasteiger partial charge in [0.1, 0.15) is 0 Å². The van der Waals surface area contributed by atoms with Crippen molar-refractivity contribution < 1.29 is 19.4 Å². The lowest BCUT2D eigenvalue weighted by atomic mass is 10.5. The van der Waals surface area contributed by atoms with Gasteiger partial charge in [0.2, 0.25) is 0 Å². The van der Waals surface area contributed by atoms with Crippen molar-refractivity contribution in [3.63, 3.8) is 0 Å². The monoisotopic (exact) mass is 160 g/mol. The molecule has 0 radical (unpaired) electrons. The van der Waals surface area contributed by atoms with Gasteiger partial charge < -0.3 is 9.84 Å². The van der Waals surface area contributed by atoms with E-state index in [1.165, 1.54) is 7.11 Å². The summed E-state index contributed by atoms with van der Waals surface area (Å²) in [5, 5.41) is 7.60. The molecule has 0 rings (SSSR count). The number of carboxylic acids is 1. The third kappa shape index (κ3) is 17.7. The van der Waals surface area contributed by atoms with Gasteiger partial charge in [0.25, 0.3) is 0 Å². The van der Waals surface area contributed by atoms with Crippen molar-refractivity contribution in [1.29, 1.82) is 0 Å². The van der Waals surface area contributed by atoms with E-state index in [9.17, 15) is 9.59 Å². The van der Waals surface area contributed by atoms with Gasteiger partial charge in [-0.1, -0.05) is 13.5 Å². The van der Waals surface area contributed by atoms with Crippen LogP contribution in [0.4, 0.5) is 0 Å². The number of carbonyl (C=O) groups is 2. The molecule has 0 unspecified atom stereocenters. The molecule has 4 nitrogen and oxygen atoms in total. The molecule has 0 aromatic carbocycles. The molecule has 0 aliphatic heterocycles. The van der Waals surface area contributed by atoms with Crippen molar-refractivity contribution >= 4 is 11.9 Å².